The van der Waals surface area contributed by atoms with Crippen molar-refractivity contribution in [3.8, 4) is 5.69 Å². The van der Waals surface area contributed by atoms with Gasteiger partial charge in [0.15, 0.2) is 0 Å². The van der Waals surface area contributed by atoms with Crippen LogP contribution in [-0.4, -0.2) is 4.57 Å². The first-order valence-corrected chi connectivity index (χ1v) is 10.2. The molecule has 0 saturated heterocycles. The minimum absolute atomic E-state index is 1.05. The zero-order valence-electron chi connectivity index (χ0n) is 17.2. The Hall–Kier alpha value is -2.58. The fourth-order valence-electron chi connectivity index (χ4n) is 3.25. The van der Waals surface area contributed by atoms with Crippen LogP contribution in [0.25, 0.3) is 23.4 Å². The van der Waals surface area contributed by atoms with E-state index in [-0.39, 0.29) is 0 Å². The van der Waals surface area contributed by atoms with Crippen molar-refractivity contribution < 1.29 is 0 Å². The maximum Gasteiger partial charge on any atom is 0.0494 e. The van der Waals surface area contributed by atoms with Gasteiger partial charge in [-0.2, -0.15) is 0 Å². The number of benzene rings is 1. The van der Waals surface area contributed by atoms with Crippen LogP contribution in [0, 0.1) is 13.8 Å². The summed E-state index contributed by atoms with van der Waals surface area (Å²) < 4.78 is 3.34. The molecule has 0 spiro atoms. The summed E-state index contributed by atoms with van der Waals surface area (Å²) in [5.41, 5.74) is 8.28. The van der Waals surface area contributed by atoms with Crippen molar-refractivity contribution in [2.24, 2.45) is 0 Å². The van der Waals surface area contributed by atoms with E-state index in [0.29, 0.717) is 0 Å². The summed E-state index contributed by atoms with van der Waals surface area (Å²) in [4.78, 5) is 0. The minimum Gasteiger partial charge on any atom is -0.310 e. The van der Waals surface area contributed by atoms with Crippen LogP contribution in [0.3, 0.4) is 0 Å². The molecule has 2 aromatic rings. The lowest BCUT2D eigenvalue weighted by atomic mass is 10.0. The van der Waals surface area contributed by atoms with E-state index in [2.05, 4.69) is 103 Å². The van der Waals surface area contributed by atoms with Crippen molar-refractivity contribution in [1.29, 1.82) is 0 Å². The molecule has 0 bridgehead atoms. The van der Waals surface area contributed by atoms with Crippen LogP contribution in [0.2, 0.25) is 0 Å². The second kappa shape index (κ2) is 10.1. The predicted octanol–water partition coefficient (Wildman–Crippen LogP) is 8.23. The molecular weight excluding hydrogens is 406 g/mol. The summed E-state index contributed by atoms with van der Waals surface area (Å²) in [6, 6.07) is 6.54. The molecule has 1 nitrogen and oxygen atoms in total. The van der Waals surface area contributed by atoms with E-state index in [4.69, 9.17) is 0 Å². The van der Waals surface area contributed by atoms with Crippen LogP contribution in [0.4, 0.5) is 0 Å². The standard InChI is InChI=1S/C26H28BrN/c1-7-11-14-25-19(5)20(6)26(15-12-8-2)28(25)24-17-22(16-23(27)18-24)21(10-4)13-9-3/h7-18H,1-2H2,3-6H3/b13-9-,14-11-,15-12-,21-10+. The lowest BCUT2D eigenvalue weighted by Gasteiger charge is -2.14. The summed E-state index contributed by atoms with van der Waals surface area (Å²) in [7, 11) is 0. The Kier molecular flexibility index (Phi) is 7.83. The van der Waals surface area contributed by atoms with Crippen molar-refractivity contribution in [3.63, 3.8) is 0 Å². The molecule has 144 valence electrons. The Bertz CT molecular complexity index is 952. The molecule has 28 heavy (non-hydrogen) atoms. The van der Waals surface area contributed by atoms with Crippen LogP contribution < -0.4 is 0 Å². The first kappa shape index (κ1) is 21.7. The van der Waals surface area contributed by atoms with Gasteiger partial charge in [0.25, 0.3) is 0 Å². The van der Waals surface area contributed by atoms with Gasteiger partial charge in [0.05, 0.1) is 0 Å². The molecule has 0 atom stereocenters. The summed E-state index contributed by atoms with van der Waals surface area (Å²) in [5, 5.41) is 0. The van der Waals surface area contributed by atoms with Gasteiger partial charge >= 0.3 is 0 Å². The van der Waals surface area contributed by atoms with Crippen LogP contribution in [0.1, 0.15) is 41.9 Å². The maximum absolute atomic E-state index is 3.82. The van der Waals surface area contributed by atoms with E-state index in [1.165, 1.54) is 22.3 Å². The molecule has 1 aromatic carbocycles. The Morgan fingerprint density at radius 1 is 0.929 bits per heavy atom. The van der Waals surface area contributed by atoms with Gasteiger partial charge in [0.1, 0.15) is 0 Å². The summed E-state index contributed by atoms with van der Waals surface area (Å²) >= 11 is 3.71. The second-order valence-corrected chi connectivity index (χ2v) is 7.40. The van der Waals surface area contributed by atoms with Crippen molar-refractivity contribution in [3.05, 3.63) is 106 Å². The highest BCUT2D eigenvalue weighted by atomic mass is 79.9. The van der Waals surface area contributed by atoms with Gasteiger partial charge in [0, 0.05) is 21.5 Å². The smallest absolute Gasteiger partial charge is 0.0494 e. The number of hydrogen-bond donors (Lipinski definition) is 0. The quantitative estimate of drug-likeness (QED) is 0.387. The highest BCUT2D eigenvalue weighted by Crippen LogP contribution is 2.32. The van der Waals surface area contributed by atoms with E-state index in [9.17, 15) is 0 Å². The van der Waals surface area contributed by atoms with Gasteiger partial charge < -0.3 is 4.57 Å². The molecule has 0 fully saturated rings. The molecule has 0 unspecified atom stereocenters. The fourth-order valence-corrected chi connectivity index (χ4v) is 3.73. The number of rotatable bonds is 7. The first-order chi connectivity index (χ1) is 13.5. The third-order valence-electron chi connectivity index (χ3n) is 4.72. The maximum atomic E-state index is 3.82. The molecule has 2 rings (SSSR count). The summed E-state index contributed by atoms with van der Waals surface area (Å²) in [5.74, 6) is 0. The fraction of sp³-hybridized carbons (Fsp3) is 0.154. The molecule has 0 aliphatic carbocycles. The van der Waals surface area contributed by atoms with Gasteiger partial charge in [-0.25, -0.2) is 0 Å². The molecule has 0 aliphatic heterocycles. The van der Waals surface area contributed by atoms with Crippen molar-refractivity contribution in [2.45, 2.75) is 27.7 Å². The van der Waals surface area contributed by atoms with Crippen molar-refractivity contribution >= 4 is 33.7 Å². The van der Waals surface area contributed by atoms with Crippen LogP contribution in [-0.2, 0) is 0 Å². The lowest BCUT2D eigenvalue weighted by Crippen LogP contribution is -2.01. The minimum atomic E-state index is 1.05. The molecular formula is C26H28BrN. The Balaban J connectivity index is 2.86. The van der Waals surface area contributed by atoms with Crippen LogP contribution in [0.15, 0.2) is 78.4 Å². The average molecular weight is 434 g/mol. The predicted molar refractivity (Wildman–Crippen MR) is 130 cm³/mol. The highest BCUT2D eigenvalue weighted by Gasteiger charge is 2.16. The van der Waals surface area contributed by atoms with Gasteiger partial charge in [-0.05, 0) is 80.3 Å². The molecule has 2 heteroatoms. The monoisotopic (exact) mass is 433 g/mol. The van der Waals surface area contributed by atoms with Crippen molar-refractivity contribution in [2.75, 3.05) is 0 Å². The molecule has 0 N–H and O–H groups in total. The van der Waals surface area contributed by atoms with Gasteiger partial charge in [0.2, 0.25) is 0 Å². The zero-order chi connectivity index (χ0) is 20.7. The van der Waals surface area contributed by atoms with E-state index < -0.39 is 0 Å². The number of allylic oxidation sites excluding steroid dienone is 8. The molecule has 0 aliphatic rings. The largest absolute Gasteiger partial charge is 0.310 e. The molecule has 1 heterocycles. The molecule has 0 radical (unpaired) electrons. The van der Waals surface area contributed by atoms with E-state index in [1.807, 2.05) is 31.2 Å². The SMILES string of the molecule is C=C/C=C\c1c(C)c(C)c(/C=C\C=C)n1-c1cc(Br)cc(C(/C=C\C)=C/C)c1. The van der Waals surface area contributed by atoms with Gasteiger partial charge in [-0.15, -0.1) is 0 Å². The number of halogens is 1. The highest BCUT2D eigenvalue weighted by molar-refractivity contribution is 9.10. The van der Waals surface area contributed by atoms with Crippen LogP contribution in [0.5, 0.6) is 0 Å². The summed E-state index contributed by atoms with van der Waals surface area (Å²) in [6.07, 6.45) is 18.1. The first-order valence-electron chi connectivity index (χ1n) is 9.38. The third-order valence-corrected chi connectivity index (χ3v) is 5.18. The molecule has 1 aromatic heterocycles. The van der Waals surface area contributed by atoms with Crippen molar-refractivity contribution in [1.82, 2.24) is 4.57 Å². The van der Waals surface area contributed by atoms with E-state index in [1.54, 1.807) is 0 Å². The topological polar surface area (TPSA) is 4.93 Å². The number of hydrogen-bond acceptors (Lipinski definition) is 0. The number of nitrogens with zero attached hydrogens (tertiary/aromatic N) is 1. The van der Waals surface area contributed by atoms with Crippen LogP contribution >= 0.6 is 15.9 Å². The van der Waals surface area contributed by atoms with Gasteiger partial charge in [-0.3, -0.25) is 0 Å². The Labute approximate surface area is 177 Å². The normalized spacial score (nSPS) is 12.5. The van der Waals surface area contributed by atoms with E-state index in [0.717, 1.165) is 21.5 Å². The molecule has 0 saturated carbocycles. The number of aromatic nitrogens is 1. The third kappa shape index (κ3) is 4.63. The lowest BCUT2D eigenvalue weighted by molar-refractivity contribution is 1.03. The Morgan fingerprint density at radius 3 is 1.96 bits per heavy atom. The zero-order valence-corrected chi connectivity index (χ0v) is 18.8. The van der Waals surface area contributed by atoms with E-state index >= 15 is 0 Å². The molecule has 0 amide bonds. The average Bonchev–Trinajstić information content (AvgIpc) is 2.92. The summed E-state index contributed by atoms with van der Waals surface area (Å²) in [6.45, 7) is 16.1. The second-order valence-electron chi connectivity index (χ2n) is 6.49. The Morgan fingerprint density at radius 2 is 1.50 bits per heavy atom. The van der Waals surface area contributed by atoms with Gasteiger partial charge in [-0.1, -0.05) is 71.6 Å².